The van der Waals surface area contributed by atoms with Gasteiger partial charge in [-0.2, -0.15) is 0 Å². The lowest BCUT2D eigenvalue weighted by molar-refractivity contribution is -0.123. The minimum Gasteiger partial charge on any atom is -0.483 e. The number of hydrogen-bond donors (Lipinski definition) is 1. The van der Waals surface area contributed by atoms with E-state index in [-0.39, 0.29) is 24.4 Å². The smallest absolute Gasteiger partial charge is 0.258 e. The van der Waals surface area contributed by atoms with Gasteiger partial charge in [0, 0.05) is 6.54 Å². The van der Waals surface area contributed by atoms with Gasteiger partial charge in [0.05, 0.1) is 6.04 Å². The van der Waals surface area contributed by atoms with Crippen molar-refractivity contribution in [2.45, 2.75) is 32.2 Å². The number of amides is 1. The number of para-hydroxylation sites is 1. The normalized spacial score (nSPS) is 13.3. The summed E-state index contributed by atoms with van der Waals surface area (Å²) in [5.41, 5.74) is 2.06. The quantitative estimate of drug-likeness (QED) is 0.719. The minimum absolute atomic E-state index is 0.0307. The summed E-state index contributed by atoms with van der Waals surface area (Å²) in [4.78, 5) is 14.3. The average molecular weight is 372 g/mol. The van der Waals surface area contributed by atoms with Gasteiger partial charge in [-0.1, -0.05) is 44.2 Å². The first-order valence-electron chi connectivity index (χ1n) is 9.32. The molecule has 2 atom stereocenters. The molecule has 0 aliphatic carbocycles. The molecular weight excluding hydrogens is 343 g/mol. The van der Waals surface area contributed by atoms with Crippen molar-refractivity contribution in [1.82, 2.24) is 10.2 Å². The summed E-state index contributed by atoms with van der Waals surface area (Å²) in [5.74, 6) is 0.683. The summed E-state index contributed by atoms with van der Waals surface area (Å²) in [5, 5.41) is 2.91. The van der Waals surface area contributed by atoms with Gasteiger partial charge >= 0.3 is 0 Å². The van der Waals surface area contributed by atoms with Crippen molar-refractivity contribution in [3.05, 3.63) is 65.5 Å². The third kappa shape index (κ3) is 6.07. The van der Waals surface area contributed by atoms with Crippen molar-refractivity contribution in [2.24, 2.45) is 0 Å². The molecule has 0 bridgehead atoms. The van der Waals surface area contributed by atoms with Gasteiger partial charge in [0.1, 0.15) is 11.6 Å². The molecule has 1 N–H and O–H groups in total. The average Bonchev–Trinajstić information content (AvgIpc) is 2.67. The molecule has 0 saturated heterocycles. The molecule has 0 fully saturated rings. The lowest BCUT2D eigenvalue weighted by Crippen LogP contribution is -2.37. The largest absolute Gasteiger partial charge is 0.483 e. The maximum Gasteiger partial charge on any atom is 0.258 e. The van der Waals surface area contributed by atoms with Crippen LogP contribution in [-0.4, -0.2) is 38.1 Å². The molecule has 0 heterocycles. The van der Waals surface area contributed by atoms with Crippen LogP contribution >= 0.6 is 0 Å². The molecule has 27 heavy (non-hydrogen) atoms. The van der Waals surface area contributed by atoms with Crippen LogP contribution in [-0.2, 0) is 4.79 Å². The molecule has 2 rings (SSSR count). The first-order valence-corrected chi connectivity index (χ1v) is 9.32. The molecule has 0 aliphatic heterocycles. The summed E-state index contributed by atoms with van der Waals surface area (Å²) in [6.45, 7) is 4.67. The zero-order valence-electron chi connectivity index (χ0n) is 16.5. The molecule has 0 radical (unpaired) electrons. The second-order valence-electron chi connectivity index (χ2n) is 6.97. The molecule has 2 unspecified atom stereocenters. The molecule has 4 nitrogen and oxygen atoms in total. The Balaban J connectivity index is 1.93. The van der Waals surface area contributed by atoms with Crippen LogP contribution in [0.25, 0.3) is 0 Å². The van der Waals surface area contributed by atoms with Crippen LogP contribution in [0.5, 0.6) is 5.75 Å². The van der Waals surface area contributed by atoms with E-state index in [1.54, 1.807) is 12.1 Å². The van der Waals surface area contributed by atoms with Crippen molar-refractivity contribution in [3.8, 4) is 5.75 Å². The number of nitrogens with zero attached hydrogens (tertiary/aromatic N) is 1. The molecule has 1 amide bonds. The molecule has 5 heteroatoms. The minimum atomic E-state index is -0.270. The predicted octanol–water partition coefficient (Wildman–Crippen LogP) is 4.14. The number of nitrogens with one attached hydrogen (secondary N) is 1. The number of carbonyl (C=O) groups excluding carboxylic acids is 1. The predicted molar refractivity (Wildman–Crippen MR) is 106 cm³/mol. The van der Waals surface area contributed by atoms with Gasteiger partial charge in [-0.25, -0.2) is 4.39 Å². The van der Waals surface area contributed by atoms with Gasteiger partial charge < -0.3 is 15.0 Å². The molecule has 0 spiro atoms. The van der Waals surface area contributed by atoms with E-state index in [1.165, 1.54) is 12.1 Å². The molecule has 146 valence electrons. The van der Waals surface area contributed by atoms with E-state index < -0.39 is 0 Å². The van der Waals surface area contributed by atoms with E-state index in [9.17, 15) is 9.18 Å². The van der Waals surface area contributed by atoms with E-state index in [0.29, 0.717) is 12.5 Å². The molecule has 0 saturated carbocycles. The maximum atomic E-state index is 13.1. The summed E-state index contributed by atoms with van der Waals surface area (Å²) in [6.07, 6.45) is 1.01. The van der Waals surface area contributed by atoms with Crippen LogP contribution in [0.1, 0.15) is 43.4 Å². The fraction of sp³-hybridized carbons (Fsp3) is 0.409. The Bertz CT molecular complexity index is 731. The zero-order valence-corrected chi connectivity index (χ0v) is 16.5. The SMILES string of the molecule is CCC(C)c1ccccc1OCC(=O)NCC(c1ccc(F)cc1)N(C)C. The van der Waals surface area contributed by atoms with E-state index in [0.717, 1.165) is 23.3 Å². The first kappa shape index (κ1) is 20.9. The van der Waals surface area contributed by atoms with Gasteiger partial charge in [0.25, 0.3) is 5.91 Å². The highest BCUT2D eigenvalue weighted by Crippen LogP contribution is 2.28. The standard InChI is InChI=1S/C22H29FN2O2/c1-5-16(2)19-8-6-7-9-21(19)27-15-22(26)24-14-20(25(3)4)17-10-12-18(23)13-11-17/h6-13,16,20H,5,14-15H2,1-4H3,(H,24,26). The van der Waals surface area contributed by atoms with Crippen LogP contribution in [0.2, 0.25) is 0 Å². The summed E-state index contributed by atoms with van der Waals surface area (Å²) in [6, 6.07) is 14.1. The summed E-state index contributed by atoms with van der Waals surface area (Å²) < 4.78 is 18.9. The molecule has 2 aromatic rings. The van der Waals surface area contributed by atoms with Gasteiger partial charge in [-0.05, 0) is 55.8 Å². The fourth-order valence-corrected chi connectivity index (χ4v) is 2.93. The lowest BCUT2D eigenvalue weighted by atomic mass is 9.98. The van der Waals surface area contributed by atoms with E-state index in [4.69, 9.17) is 4.74 Å². The zero-order chi connectivity index (χ0) is 19.8. The number of rotatable bonds is 9. The van der Waals surface area contributed by atoms with Crippen molar-refractivity contribution >= 4 is 5.91 Å². The third-order valence-corrected chi connectivity index (χ3v) is 4.79. The highest BCUT2D eigenvalue weighted by atomic mass is 19.1. The Morgan fingerprint density at radius 3 is 2.44 bits per heavy atom. The highest BCUT2D eigenvalue weighted by molar-refractivity contribution is 5.77. The van der Waals surface area contributed by atoms with E-state index in [2.05, 4.69) is 19.2 Å². The van der Waals surface area contributed by atoms with Crippen molar-refractivity contribution in [1.29, 1.82) is 0 Å². The summed E-state index contributed by atoms with van der Waals surface area (Å²) >= 11 is 0. The second-order valence-corrected chi connectivity index (χ2v) is 6.97. The Labute approximate surface area is 161 Å². The van der Waals surface area contributed by atoms with Crippen LogP contribution in [0.4, 0.5) is 4.39 Å². The number of likely N-dealkylation sites (N-methyl/N-ethyl adjacent to an activating group) is 1. The van der Waals surface area contributed by atoms with Gasteiger partial charge in [-0.15, -0.1) is 0 Å². The number of hydrogen-bond acceptors (Lipinski definition) is 3. The van der Waals surface area contributed by atoms with Gasteiger partial charge in [0.15, 0.2) is 6.61 Å². The fourth-order valence-electron chi connectivity index (χ4n) is 2.93. The number of carbonyl (C=O) groups is 1. The molecule has 0 aliphatic rings. The van der Waals surface area contributed by atoms with E-state index in [1.807, 2.05) is 43.3 Å². The van der Waals surface area contributed by atoms with Crippen molar-refractivity contribution in [2.75, 3.05) is 27.2 Å². The molecular formula is C22H29FN2O2. The first-order chi connectivity index (χ1) is 12.9. The van der Waals surface area contributed by atoms with Gasteiger partial charge in [-0.3, -0.25) is 4.79 Å². The second kappa shape index (κ2) is 10.1. The topological polar surface area (TPSA) is 41.6 Å². The number of ether oxygens (including phenoxy) is 1. The lowest BCUT2D eigenvalue weighted by Gasteiger charge is -2.25. The molecule has 0 aromatic heterocycles. The van der Waals surface area contributed by atoms with Gasteiger partial charge in [0.2, 0.25) is 0 Å². The monoisotopic (exact) mass is 372 g/mol. The van der Waals surface area contributed by atoms with Crippen molar-refractivity contribution < 1.29 is 13.9 Å². The van der Waals surface area contributed by atoms with Crippen LogP contribution in [0, 0.1) is 5.82 Å². The van der Waals surface area contributed by atoms with Crippen LogP contribution in [0.3, 0.4) is 0 Å². The molecule has 2 aromatic carbocycles. The van der Waals surface area contributed by atoms with Crippen LogP contribution < -0.4 is 10.1 Å². The Morgan fingerprint density at radius 1 is 1.15 bits per heavy atom. The summed E-state index contributed by atoms with van der Waals surface area (Å²) in [7, 11) is 3.86. The Morgan fingerprint density at radius 2 is 1.81 bits per heavy atom. The van der Waals surface area contributed by atoms with Crippen molar-refractivity contribution in [3.63, 3.8) is 0 Å². The third-order valence-electron chi connectivity index (χ3n) is 4.79. The Kier molecular flexibility index (Phi) is 7.80. The van der Waals surface area contributed by atoms with Crippen LogP contribution in [0.15, 0.2) is 48.5 Å². The number of benzene rings is 2. The maximum absolute atomic E-state index is 13.1. The number of halogens is 1. The Hall–Kier alpha value is -2.40. The highest BCUT2D eigenvalue weighted by Gasteiger charge is 2.16. The van der Waals surface area contributed by atoms with E-state index >= 15 is 0 Å².